The Balaban J connectivity index is 2.69. The van der Waals surface area contributed by atoms with Crippen molar-refractivity contribution in [3.05, 3.63) is 48.2 Å². The van der Waals surface area contributed by atoms with Gasteiger partial charge in [0.1, 0.15) is 5.88 Å². The minimum Gasteiger partial charge on any atom is -0.325 e. The molecule has 86 valence electrons. The third-order valence-electron chi connectivity index (χ3n) is 2.47. The van der Waals surface area contributed by atoms with Gasteiger partial charge in [0.05, 0.1) is 0 Å². The molecule has 16 heavy (non-hydrogen) atoms. The van der Waals surface area contributed by atoms with E-state index in [2.05, 4.69) is 18.5 Å². The van der Waals surface area contributed by atoms with Crippen LogP contribution in [0.5, 0.6) is 0 Å². The maximum Gasteiger partial charge on any atom is 0.239 e. The van der Waals surface area contributed by atoms with E-state index in [-0.39, 0.29) is 11.8 Å². The minimum atomic E-state index is -0.225. The summed E-state index contributed by atoms with van der Waals surface area (Å²) in [7, 11) is 0. The summed E-state index contributed by atoms with van der Waals surface area (Å²) in [6.45, 7) is 7.62. The van der Waals surface area contributed by atoms with Crippen LogP contribution in [0.1, 0.15) is 19.3 Å². The van der Waals surface area contributed by atoms with Crippen LogP contribution in [-0.4, -0.2) is 11.8 Å². The zero-order valence-corrected chi connectivity index (χ0v) is 10.0. The van der Waals surface area contributed by atoms with E-state index in [9.17, 15) is 4.79 Å². The molecule has 1 amide bonds. The average Bonchev–Trinajstić information content (AvgIpc) is 2.69. The molecule has 0 radical (unpaired) electrons. The lowest BCUT2D eigenvalue weighted by Gasteiger charge is -2.02. The molecule has 2 nitrogen and oxygen atoms in total. The summed E-state index contributed by atoms with van der Waals surface area (Å²) in [6.07, 6.45) is 8.71. The Bertz CT molecular complexity index is 366. The van der Waals surface area contributed by atoms with E-state index in [1.54, 1.807) is 6.08 Å². The molecule has 0 aromatic carbocycles. The third kappa shape index (κ3) is 3.70. The second-order valence-corrected chi connectivity index (χ2v) is 3.92. The van der Waals surface area contributed by atoms with E-state index in [0.717, 1.165) is 19.3 Å². The Hall–Kier alpha value is -1.28. The van der Waals surface area contributed by atoms with Gasteiger partial charge in [0.2, 0.25) is 5.91 Å². The molecule has 1 rings (SSSR count). The Kier molecular flexibility index (Phi) is 5.06. The van der Waals surface area contributed by atoms with Crippen LogP contribution >= 0.6 is 11.6 Å². The Morgan fingerprint density at radius 3 is 2.75 bits per heavy atom. The highest BCUT2D eigenvalue weighted by Crippen LogP contribution is 2.28. The van der Waals surface area contributed by atoms with Gasteiger partial charge in [-0.3, -0.25) is 4.79 Å². The first-order chi connectivity index (χ1) is 7.67. The van der Waals surface area contributed by atoms with Crippen molar-refractivity contribution in [1.29, 1.82) is 0 Å². The molecule has 1 aliphatic carbocycles. The maximum absolute atomic E-state index is 11.1. The van der Waals surface area contributed by atoms with Crippen LogP contribution in [0.3, 0.4) is 0 Å². The van der Waals surface area contributed by atoms with Gasteiger partial charge >= 0.3 is 0 Å². The molecule has 0 spiro atoms. The van der Waals surface area contributed by atoms with E-state index in [0.29, 0.717) is 5.70 Å². The maximum atomic E-state index is 11.1. The normalized spacial score (nSPS) is 18.9. The molecule has 0 heterocycles. The van der Waals surface area contributed by atoms with Crippen LogP contribution < -0.4 is 5.32 Å². The van der Waals surface area contributed by atoms with Crippen LogP contribution in [0.2, 0.25) is 0 Å². The van der Waals surface area contributed by atoms with Gasteiger partial charge in [-0.05, 0) is 37.0 Å². The molecule has 0 saturated heterocycles. The monoisotopic (exact) mass is 237 g/mol. The molecule has 0 aromatic rings. The van der Waals surface area contributed by atoms with Crippen molar-refractivity contribution in [3.8, 4) is 0 Å². The number of hydrogen-bond acceptors (Lipinski definition) is 1. The average molecular weight is 238 g/mol. The van der Waals surface area contributed by atoms with Crippen LogP contribution in [0.15, 0.2) is 48.2 Å². The highest BCUT2D eigenvalue weighted by molar-refractivity contribution is 6.27. The lowest BCUT2D eigenvalue weighted by molar-refractivity contribution is -0.117. The second-order valence-electron chi connectivity index (χ2n) is 3.66. The number of nitrogens with one attached hydrogen (secondary N) is 1. The van der Waals surface area contributed by atoms with E-state index in [1.807, 2.05) is 12.2 Å². The molecule has 1 N–H and O–H groups in total. The summed E-state index contributed by atoms with van der Waals surface area (Å²) in [4.78, 5) is 11.1. The molecule has 0 aliphatic heterocycles. The van der Waals surface area contributed by atoms with Gasteiger partial charge in [0, 0.05) is 5.70 Å². The van der Waals surface area contributed by atoms with E-state index in [1.165, 1.54) is 11.1 Å². The Morgan fingerprint density at radius 2 is 2.25 bits per heavy atom. The van der Waals surface area contributed by atoms with Crippen LogP contribution in [-0.2, 0) is 4.79 Å². The number of halogens is 1. The SMILES string of the molecule is C=C/C(=C\C=C1\CCCC1=C)NC(=O)CCl. The summed E-state index contributed by atoms with van der Waals surface area (Å²) >= 11 is 5.40. The van der Waals surface area contributed by atoms with E-state index < -0.39 is 0 Å². The Labute approximate surface area is 101 Å². The fourth-order valence-electron chi connectivity index (χ4n) is 1.58. The van der Waals surface area contributed by atoms with Crippen molar-refractivity contribution < 1.29 is 4.79 Å². The molecular formula is C13H16ClNO. The fraction of sp³-hybridized carbons (Fsp3) is 0.308. The van der Waals surface area contributed by atoms with Gasteiger partial charge < -0.3 is 5.32 Å². The fourth-order valence-corrected chi connectivity index (χ4v) is 1.64. The molecule has 1 aliphatic rings. The van der Waals surface area contributed by atoms with Crippen molar-refractivity contribution in [2.45, 2.75) is 19.3 Å². The van der Waals surface area contributed by atoms with Gasteiger partial charge in [-0.2, -0.15) is 0 Å². The predicted molar refractivity (Wildman–Crippen MR) is 68.2 cm³/mol. The number of hydrogen-bond donors (Lipinski definition) is 1. The standard InChI is InChI=1S/C13H16ClNO/c1-3-12(15-13(16)9-14)8-7-11-6-4-5-10(11)2/h3,7-8H,1-2,4-6,9H2,(H,15,16)/b11-7-,12-8+. The van der Waals surface area contributed by atoms with E-state index in [4.69, 9.17) is 11.6 Å². The zero-order valence-electron chi connectivity index (χ0n) is 9.26. The molecule has 3 heteroatoms. The van der Waals surface area contributed by atoms with Crippen molar-refractivity contribution in [1.82, 2.24) is 5.32 Å². The highest BCUT2D eigenvalue weighted by Gasteiger charge is 2.09. The number of alkyl halides is 1. The van der Waals surface area contributed by atoms with Crippen LogP contribution in [0, 0.1) is 0 Å². The summed E-state index contributed by atoms with van der Waals surface area (Å²) in [5.41, 5.74) is 3.10. The van der Waals surface area contributed by atoms with Crippen molar-refractivity contribution >= 4 is 17.5 Å². The summed E-state index contributed by atoms with van der Waals surface area (Å²) in [6, 6.07) is 0. The first kappa shape index (κ1) is 12.8. The zero-order chi connectivity index (χ0) is 12.0. The first-order valence-electron chi connectivity index (χ1n) is 5.24. The van der Waals surface area contributed by atoms with Crippen molar-refractivity contribution in [2.24, 2.45) is 0 Å². The van der Waals surface area contributed by atoms with Crippen molar-refractivity contribution in [2.75, 3.05) is 5.88 Å². The molecule has 0 bridgehead atoms. The highest BCUT2D eigenvalue weighted by atomic mass is 35.5. The molecule has 1 saturated carbocycles. The number of rotatable bonds is 4. The number of amides is 1. The Morgan fingerprint density at radius 1 is 1.50 bits per heavy atom. The van der Waals surface area contributed by atoms with Crippen molar-refractivity contribution in [3.63, 3.8) is 0 Å². The number of allylic oxidation sites excluding steroid dienone is 5. The predicted octanol–water partition coefficient (Wildman–Crippen LogP) is 3.08. The summed E-state index contributed by atoms with van der Waals surface area (Å²) < 4.78 is 0. The molecule has 0 atom stereocenters. The molecular weight excluding hydrogens is 222 g/mol. The number of carbonyl (C=O) groups is 1. The second kappa shape index (κ2) is 6.33. The van der Waals surface area contributed by atoms with Crippen LogP contribution in [0.4, 0.5) is 0 Å². The minimum absolute atomic E-state index is 0.0472. The lowest BCUT2D eigenvalue weighted by atomic mass is 10.1. The van der Waals surface area contributed by atoms with Gasteiger partial charge in [-0.25, -0.2) is 0 Å². The number of carbonyl (C=O) groups excluding carboxylic acids is 1. The van der Waals surface area contributed by atoms with Gasteiger partial charge in [-0.1, -0.05) is 24.8 Å². The lowest BCUT2D eigenvalue weighted by Crippen LogP contribution is -2.22. The quantitative estimate of drug-likeness (QED) is 0.591. The first-order valence-corrected chi connectivity index (χ1v) is 5.78. The van der Waals surface area contributed by atoms with E-state index >= 15 is 0 Å². The third-order valence-corrected chi connectivity index (χ3v) is 2.71. The molecule has 1 fully saturated rings. The molecule has 0 unspecified atom stereocenters. The summed E-state index contributed by atoms with van der Waals surface area (Å²) in [5.74, 6) is -0.273. The summed E-state index contributed by atoms with van der Waals surface area (Å²) in [5, 5.41) is 2.65. The van der Waals surface area contributed by atoms with Gasteiger partial charge in [0.25, 0.3) is 0 Å². The van der Waals surface area contributed by atoms with Gasteiger partial charge in [0.15, 0.2) is 0 Å². The van der Waals surface area contributed by atoms with Crippen LogP contribution in [0.25, 0.3) is 0 Å². The smallest absolute Gasteiger partial charge is 0.239 e. The largest absolute Gasteiger partial charge is 0.325 e. The van der Waals surface area contributed by atoms with Gasteiger partial charge in [-0.15, -0.1) is 11.6 Å². The molecule has 0 aromatic heterocycles. The topological polar surface area (TPSA) is 29.1 Å².